The molecule has 3 aliphatic rings. The molecule has 10 heteroatoms. The van der Waals surface area contributed by atoms with Crippen molar-refractivity contribution in [3.05, 3.63) is 36.0 Å². The molecular weight excluding hydrogens is 442 g/mol. The van der Waals surface area contributed by atoms with Crippen molar-refractivity contribution >= 4 is 27.4 Å². The van der Waals surface area contributed by atoms with Crippen LogP contribution >= 0.6 is 0 Å². The van der Waals surface area contributed by atoms with E-state index < -0.39 is 19.8 Å². The zero-order valence-corrected chi connectivity index (χ0v) is 19.2. The third-order valence-corrected chi connectivity index (χ3v) is 9.97. The lowest BCUT2D eigenvalue weighted by molar-refractivity contribution is 0.0981. The Morgan fingerprint density at radius 1 is 1.06 bits per heavy atom. The minimum atomic E-state index is -3.43. The van der Waals surface area contributed by atoms with Gasteiger partial charge >= 0.3 is 6.03 Å². The SMILES string of the molecule is Nc1cc(C2(S(=O)(=O)C3CCOCC3)CC2)nc(-c2ccc(NC(=O)NC3CCC3)cc2)n1. The van der Waals surface area contributed by atoms with Crippen LogP contribution in [0.2, 0.25) is 0 Å². The molecule has 2 aromatic rings. The van der Waals surface area contributed by atoms with E-state index in [1.807, 2.05) is 0 Å². The quantitative estimate of drug-likeness (QED) is 0.589. The number of nitrogen functional groups attached to an aromatic ring is 1. The second kappa shape index (κ2) is 8.57. The lowest BCUT2D eigenvalue weighted by Crippen LogP contribution is -2.41. The monoisotopic (exact) mass is 471 g/mol. The Hall–Kier alpha value is -2.72. The summed E-state index contributed by atoms with van der Waals surface area (Å²) < 4.78 is 31.3. The summed E-state index contributed by atoms with van der Waals surface area (Å²) in [6, 6.07) is 8.77. The number of rotatable bonds is 6. The van der Waals surface area contributed by atoms with Crippen molar-refractivity contribution in [3.63, 3.8) is 0 Å². The van der Waals surface area contributed by atoms with Crippen LogP contribution in [0.1, 0.15) is 50.6 Å². The Balaban J connectivity index is 1.36. The number of aromatic nitrogens is 2. The van der Waals surface area contributed by atoms with Crippen molar-refractivity contribution in [2.45, 2.75) is 61.0 Å². The fourth-order valence-corrected chi connectivity index (χ4v) is 7.06. The van der Waals surface area contributed by atoms with E-state index in [-0.39, 0.29) is 17.9 Å². The van der Waals surface area contributed by atoms with Gasteiger partial charge in [0.15, 0.2) is 15.7 Å². The van der Waals surface area contributed by atoms with Gasteiger partial charge < -0.3 is 21.1 Å². The number of amides is 2. The topological polar surface area (TPSA) is 136 Å². The first kappa shape index (κ1) is 22.1. The lowest BCUT2D eigenvalue weighted by Gasteiger charge is -2.27. The fraction of sp³-hybridized carbons (Fsp3) is 0.522. The normalized spacial score (nSPS) is 20.6. The maximum Gasteiger partial charge on any atom is 0.319 e. The molecule has 0 bridgehead atoms. The van der Waals surface area contributed by atoms with Gasteiger partial charge in [0.2, 0.25) is 0 Å². The van der Waals surface area contributed by atoms with Crippen LogP contribution in [0.4, 0.5) is 16.3 Å². The molecule has 2 aliphatic carbocycles. The van der Waals surface area contributed by atoms with E-state index in [4.69, 9.17) is 10.5 Å². The van der Waals surface area contributed by atoms with Crippen LogP contribution in [-0.4, -0.2) is 48.9 Å². The predicted molar refractivity (Wildman–Crippen MR) is 125 cm³/mol. The van der Waals surface area contributed by atoms with E-state index in [0.29, 0.717) is 61.7 Å². The summed E-state index contributed by atoms with van der Waals surface area (Å²) in [5.41, 5.74) is 7.90. The minimum absolute atomic E-state index is 0.219. The molecule has 3 fully saturated rings. The van der Waals surface area contributed by atoms with Crippen molar-refractivity contribution in [3.8, 4) is 11.4 Å². The number of urea groups is 1. The standard InChI is InChI=1S/C23H29N5O4S/c24-20-14-19(23(10-11-23)33(30,31)18-8-12-32-13-9-18)27-21(28-20)15-4-6-17(7-5-15)26-22(29)25-16-2-1-3-16/h4-7,14,16,18H,1-3,8-13H2,(H2,24,27,28)(H2,25,26,29). The molecule has 1 aliphatic heterocycles. The van der Waals surface area contributed by atoms with Gasteiger partial charge in [-0.15, -0.1) is 0 Å². The van der Waals surface area contributed by atoms with E-state index in [9.17, 15) is 13.2 Å². The Morgan fingerprint density at radius 2 is 1.76 bits per heavy atom. The number of benzene rings is 1. The molecule has 2 saturated carbocycles. The third kappa shape index (κ3) is 4.29. The van der Waals surface area contributed by atoms with E-state index >= 15 is 0 Å². The number of carbonyl (C=O) groups is 1. The van der Waals surface area contributed by atoms with E-state index in [1.54, 1.807) is 30.3 Å². The van der Waals surface area contributed by atoms with Crippen LogP contribution in [0.15, 0.2) is 30.3 Å². The molecule has 9 nitrogen and oxygen atoms in total. The molecule has 2 amide bonds. The van der Waals surface area contributed by atoms with E-state index in [0.717, 1.165) is 19.3 Å². The third-order valence-electron chi connectivity index (χ3n) is 6.91. The van der Waals surface area contributed by atoms with Crippen molar-refractivity contribution in [1.29, 1.82) is 0 Å². The van der Waals surface area contributed by atoms with Gasteiger partial charge in [0.1, 0.15) is 10.6 Å². The van der Waals surface area contributed by atoms with Crippen LogP contribution in [0.5, 0.6) is 0 Å². The largest absolute Gasteiger partial charge is 0.384 e. The summed E-state index contributed by atoms with van der Waals surface area (Å²) in [6.45, 7) is 0.937. The van der Waals surface area contributed by atoms with Crippen LogP contribution in [-0.2, 0) is 19.3 Å². The predicted octanol–water partition coefficient (Wildman–Crippen LogP) is 2.98. The van der Waals surface area contributed by atoms with Gasteiger partial charge in [-0.25, -0.2) is 23.2 Å². The highest BCUT2D eigenvalue weighted by atomic mass is 32.2. The van der Waals surface area contributed by atoms with Gasteiger partial charge in [0.05, 0.1) is 10.9 Å². The molecule has 0 radical (unpaired) electrons. The van der Waals surface area contributed by atoms with Crippen molar-refractivity contribution < 1.29 is 17.9 Å². The molecule has 0 atom stereocenters. The Bertz CT molecular complexity index is 1140. The maximum absolute atomic E-state index is 13.5. The van der Waals surface area contributed by atoms with Gasteiger partial charge in [-0.2, -0.15) is 0 Å². The summed E-state index contributed by atoms with van der Waals surface area (Å²) >= 11 is 0. The smallest absolute Gasteiger partial charge is 0.319 e. The van der Waals surface area contributed by atoms with Crippen molar-refractivity contribution in [2.24, 2.45) is 0 Å². The second-order valence-electron chi connectivity index (χ2n) is 9.16. The highest BCUT2D eigenvalue weighted by Crippen LogP contribution is 2.55. The first-order chi connectivity index (χ1) is 15.9. The van der Waals surface area contributed by atoms with Gasteiger partial charge in [-0.1, -0.05) is 0 Å². The summed E-state index contributed by atoms with van der Waals surface area (Å²) in [7, 11) is -3.43. The number of carbonyl (C=O) groups excluding carboxylic acids is 1. The molecule has 176 valence electrons. The van der Waals surface area contributed by atoms with E-state index in [2.05, 4.69) is 20.6 Å². The molecule has 33 heavy (non-hydrogen) atoms. The molecule has 1 aromatic heterocycles. The molecule has 1 aromatic carbocycles. The number of ether oxygens (including phenoxy) is 1. The van der Waals surface area contributed by atoms with Gasteiger partial charge in [0, 0.05) is 36.6 Å². The highest BCUT2D eigenvalue weighted by Gasteiger charge is 2.59. The molecule has 5 rings (SSSR count). The van der Waals surface area contributed by atoms with Gasteiger partial charge in [-0.3, -0.25) is 0 Å². The Morgan fingerprint density at radius 3 is 2.36 bits per heavy atom. The lowest BCUT2D eigenvalue weighted by atomic mass is 9.93. The molecule has 1 saturated heterocycles. The van der Waals surface area contributed by atoms with Gasteiger partial charge in [-0.05, 0) is 69.2 Å². The van der Waals surface area contributed by atoms with E-state index in [1.165, 1.54) is 0 Å². The van der Waals surface area contributed by atoms with Crippen molar-refractivity contribution in [2.75, 3.05) is 24.3 Å². The zero-order chi connectivity index (χ0) is 23.1. The van der Waals surface area contributed by atoms with Crippen LogP contribution in [0.25, 0.3) is 11.4 Å². The average Bonchev–Trinajstić information content (AvgIpc) is 3.60. The fourth-order valence-electron chi connectivity index (χ4n) is 4.54. The molecule has 0 unspecified atom stereocenters. The number of nitrogens with zero attached hydrogens (tertiary/aromatic N) is 2. The number of nitrogens with one attached hydrogen (secondary N) is 2. The summed E-state index contributed by atoms with van der Waals surface area (Å²) in [6.07, 6.45) is 5.31. The number of nitrogens with two attached hydrogens (primary N) is 1. The first-order valence-corrected chi connectivity index (χ1v) is 13.1. The zero-order valence-electron chi connectivity index (χ0n) is 18.4. The molecular formula is C23H29N5O4S. The number of sulfone groups is 1. The minimum Gasteiger partial charge on any atom is -0.384 e. The summed E-state index contributed by atoms with van der Waals surface area (Å²) in [5, 5.41) is 5.35. The van der Waals surface area contributed by atoms with Crippen LogP contribution < -0.4 is 16.4 Å². The van der Waals surface area contributed by atoms with Crippen LogP contribution in [0.3, 0.4) is 0 Å². The number of anilines is 2. The summed E-state index contributed by atoms with van der Waals surface area (Å²) in [5.74, 6) is 0.620. The van der Waals surface area contributed by atoms with Gasteiger partial charge in [0.25, 0.3) is 0 Å². The number of hydrogen-bond acceptors (Lipinski definition) is 7. The van der Waals surface area contributed by atoms with Crippen molar-refractivity contribution in [1.82, 2.24) is 15.3 Å². The second-order valence-corrected chi connectivity index (χ2v) is 11.7. The highest BCUT2D eigenvalue weighted by molar-refractivity contribution is 7.93. The van der Waals surface area contributed by atoms with Crippen LogP contribution in [0, 0.1) is 0 Å². The molecule has 2 heterocycles. The summed E-state index contributed by atoms with van der Waals surface area (Å²) in [4.78, 5) is 21.1. The molecule has 4 N–H and O–H groups in total. The Labute approximate surface area is 193 Å². The molecule has 0 spiro atoms. The average molecular weight is 472 g/mol. The number of hydrogen-bond donors (Lipinski definition) is 3. The maximum atomic E-state index is 13.5. The first-order valence-electron chi connectivity index (χ1n) is 11.5. The Kier molecular flexibility index (Phi) is 5.74.